The highest BCUT2D eigenvalue weighted by Crippen LogP contribution is 2.43. The largest absolute Gasteiger partial charge is 0.417 e. The Hall–Kier alpha value is -2.51. The van der Waals surface area contributed by atoms with Crippen molar-refractivity contribution in [1.29, 1.82) is 0 Å². The van der Waals surface area contributed by atoms with E-state index in [9.17, 15) is 22.8 Å². The SMILES string of the molecule is CCS[C@@H]1[C@H](SCC)[C@@H](Cn2cc(-c3ccccc3C(F)(F)F)nn2)O[C@H]1n1ccc(=O)[nH]c1=O. The molecule has 0 saturated carbocycles. The maximum atomic E-state index is 13.5. The average molecular weight is 528 g/mol. The molecule has 0 aliphatic carbocycles. The number of H-pyrrole nitrogens is 1. The van der Waals surface area contributed by atoms with Crippen LogP contribution in [0.15, 0.2) is 52.3 Å². The van der Waals surface area contributed by atoms with Gasteiger partial charge >= 0.3 is 11.9 Å². The van der Waals surface area contributed by atoms with E-state index < -0.39 is 29.2 Å². The second-order valence-electron chi connectivity index (χ2n) is 7.79. The molecule has 1 aromatic carbocycles. The summed E-state index contributed by atoms with van der Waals surface area (Å²) in [5, 5.41) is 7.93. The van der Waals surface area contributed by atoms with Gasteiger partial charge in [-0.05, 0) is 17.6 Å². The molecule has 35 heavy (non-hydrogen) atoms. The van der Waals surface area contributed by atoms with Crippen molar-refractivity contribution in [2.24, 2.45) is 0 Å². The standard InChI is InChI=1S/C22H24F3N5O3S2/c1-3-34-18-16(33-20(19(18)35-4-2)30-10-9-17(31)26-21(30)32)12-29-11-15(27-28-29)13-7-5-6-8-14(13)22(23,24)25/h5-11,16,18-20H,3-4,12H2,1-2H3,(H,26,31,32)/t16-,18-,19-,20-/m1/s1. The van der Waals surface area contributed by atoms with E-state index in [1.807, 2.05) is 13.8 Å². The van der Waals surface area contributed by atoms with Gasteiger partial charge in [-0.3, -0.25) is 14.3 Å². The molecule has 2 aromatic heterocycles. The minimum absolute atomic E-state index is 0.0242. The van der Waals surface area contributed by atoms with E-state index in [1.54, 1.807) is 23.5 Å². The first-order chi connectivity index (χ1) is 16.7. The molecular formula is C22H24F3N5O3S2. The summed E-state index contributed by atoms with van der Waals surface area (Å²) in [6.45, 7) is 4.28. The van der Waals surface area contributed by atoms with Crippen LogP contribution in [0, 0.1) is 0 Å². The second-order valence-corrected chi connectivity index (χ2v) is 10.7. The molecule has 13 heteroatoms. The van der Waals surface area contributed by atoms with E-state index in [4.69, 9.17) is 4.74 Å². The van der Waals surface area contributed by atoms with Crippen LogP contribution >= 0.6 is 23.5 Å². The molecule has 1 fully saturated rings. The zero-order valence-electron chi connectivity index (χ0n) is 18.9. The van der Waals surface area contributed by atoms with E-state index in [0.717, 1.165) is 17.6 Å². The van der Waals surface area contributed by atoms with Crippen LogP contribution in [0.25, 0.3) is 11.3 Å². The summed E-state index contributed by atoms with van der Waals surface area (Å²) in [7, 11) is 0. The van der Waals surface area contributed by atoms with Gasteiger partial charge in [0.2, 0.25) is 0 Å². The van der Waals surface area contributed by atoms with E-state index >= 15 is 0 Å². The molecule has 188 valence electrons. The lowest BCUT2D eigenvalue weighted by molar-refractivity contribution is -0.137. The molecule has 0 radical (unpaired) electrons. The fourth-order valence-electron chi connectivity index (χ4n) is 4.12. The van der Waals surface area contributed by atoms with Crippen molar-refractivity contribution >= 4 is 23.5 Å². The smallest absolute Gasteiger partial charge is 0.350 e. The lowest BCUT2D eigenvalue weighted by Crippen LogP contribution is -2.35. The van der Waals surface area contributed by atoms with E-state index in [-0.39, 0.29) is 34.4 Å². The molecule has 1 aliphatic rings. The number of halogens is 3. The van der Waals surface area contributed by atoms with Crippen molar-refractivity contribution in [2.45, 2.75) is 49.4 Å². The number of hydrogen-bond acceptors (Lipinski definition) is 7. The Morgan fingerprint density at radius 2 is 1.80 bits per heavy atom. The highest BCUT2D eigenvalue weighted by atomic mass is 32.2. The van der Waals surface area contributed by atoms with E-state index in [1.165, 1.54) is 45.9 Å². The molecule has 4 rings (SSSR count). The quantitative estimate of drug-likeness (QED) is 0.478. The number of aromatic amines is 1. The number of nitrogens with zero attached hydrogens (tertiary/aromatic N) is 4. The van der Waals surface area contributed by atoms with Crippen molar-refractivity contribution in [3.63, 3.8) is 0 Å². The fraction of sp³-hybridized carbons (Fsp3) is 0.455. The van der Waals surface area contributed by atoms with Crippen LogP contribution in [0.1, 0.15) is 25.6 Å². The molecule has 0 spiro atoms. The van der Waals surface area contributed by atoms with Crippen LogP contribution in [0.5, 0.6) is 0 Å². The van der Waals surface area contributed by atoms with Gasteiger partial charge in [0, 0.05) is 23.1 Å². The third-order valence-corrected chi connectivity index (χ3v) is 8.27. The van der Waals surface area contributed by atoms with Gasteiger partial charge < -0.3 is 4.74 Å². The Morgan fingerprint density at radius 3 is 2.49 bits per heavy atom. The van der Waals surface area contributed by atoms with E-state index in [0.29, 0.717) is 0 Å². The van der Waals surface area contributed by atoms with Crippen molar-refractivity contribution in [1.82, 2.24) is 24.5 Å². The number of rotatable bonds is 8. The molecule has 1 N–H and O–H groups in total. The number of nitrogens with one attached hydrogen (secondary N) is 1. The Kier molecular flexibility index (Phi) is 7.77. The van der Waals surface area contributed by atoms with Gasteiger partial charge in [-0.2, -0.15) is 36.7 Å². The number of benzene rings is 1. The van der Waals surface area contributed by atoms with Crippen LogP contribution in [0.4, 0.5) is 13.2 Å². The monoisotopic (exact) mass is 527 g/mol. The maximum Gasteiger partial charge on any atom is 0.417 e. The predicted molar refractivity (Wildman–Crippen MR) is 130 cm³/mol. The summed E-state index contributed by atoms with van der Waals surface area (Å²) in [5.74, 6) is 1.60. The lowest BCUT2D eigenvalue weighted by atomic mass is 10.0. The van der Waals surface area contributed by atoms with Gasteiger partial charge in [0.15, 0.2) is 6.23 Å². The number of alkyl halides is 3. The normalized spacial score (nSPS) is 22.5. The van der Waals surface area contributed by atoms with Gasteiger partial charge in [-0.1, -0.05) is 37.3 Å². The summed E-state index contributed by atoms with van der Waals surface area (Å²) in [4.78, 5) is 26.3. The third-order valence-electron chi connectivity index (χ3n) is 5.54. The van der Waals surface area contributed by atoms with Crippen LogP contribution < -0.4 is 11.2 Å². The highest BCUT2D eigenvalue weighted by Gasteiger charge is 2.46. The molecule has 3 aromatic rings. The molecule has 1 aliphatic heterocycles. The summed E-state index contributed by atoms with van der Waals surface area (Å²) >= 11 is 3.34. The topological polar surface area (TPSA) is 94.8 Å². The summed E-state index contributed by atoms with van der Waals surface area (Å²) in [5.41, 5.74) is -1.76. The third kappa shape index (κ3) is 5.51. The first-order valence-corrected chi connectivity index (χ1v) is 13.1. The lowest BCUT2D eigenvalue weighted by Gasteiger charge is -2.23. The highest BCUT2D eigenvalue weighted by molar-refractivity contribution is 8.03. The van der Waals surface area contributed by atoms with Crippen molar-refractivity contribution in [3.05, 3.63) is 69.1 Å². The number of thioether (sulfide) groups is 2. The molecule has 4 atom stereocenters. The molecule has 8 nitrogen and oxygen atoms in total. The maximum absolute atomic E-state index is 13.5. The Bertz CT molecular complexity index is 1280. The van der Waals surface area contributed by atoms with Gasteiger partial charge in [-0.25, -0.2) is 9.48 Å². The van der Waals surface area contributed by atoms with Crippen LogP contribution in [0.3, 0.4) is 0 Å². The predicted octanol–water partition coefficient (Wildman–Crippen LogP) is 3.65. The first kappa shape index (κ1) is 25.6. The zero-order chi connectivity index (χ0) is 25.2. The van der Waals surface area contributed by atoms with Crippen LogP contribution in [-0.2, 0) is 17.5 Å². The second kappa shape index (κ2) is 10.6. The summed E-state index contributed by atoms with van der Waals surface area (Å²) < 4.78 is 49.5. The van der Waals surface area contributed by atoms with Crippen molar-refractivity contribution in [3.8, 4) is 11.3 Å². The Balaban J connectivity index is 1.63. The number of aromatic nitrogens is 5. The summed E-state index contributed by atoms with van der Waals surface area (Å²) in [6.07, 6.45) is -2.62. The van der Waals surface area contributed by atoms with Crippen LogP contribution in [0.2, 0.25) is 0 Å². The van der Waals surface area contributed by atoms with Gasteiger partial charge in [0.05, 0.1) is 29.7 Å². The van der Waals surface area contributed by atoms with Gasteiger partial charge in [-0.15, -0.1) is 5.10 Å². The summed E-state index contributed by atoms with van der Waals surface area (Å²) in [6, 6.07) is 6.51. The molecule has 1 saturated heterocycles. The molecule has 0 unspecified atom stereocenters. The van der Waals surface area contributed by atoms with Crippen molar-refractivity contribution < 1.29 is 17.9 Å². The molecular weight excluding hydrogens is 503 g/mol. The molecule has 3 heterocycles. The first-order valence-electron chi connectivity index (χ1n) is 11.0. The van der Waals surface area contributed by atoms with Gasteiger partial charge in [0.1, 0.15) is 5.69 Å². The van der Waals surface area contributed by atoms with Crippen molar-refractivity contribution in [2.75, 3.05) is 11.5 Å². The van der Waals surface area contributed by atoms with Crippen LogP contribution in [-0.4, -0.2) is 52.7 Å². The Morgan fingerprint density at radius 1 is 1.09 bits per heavy atom. The van der Waals surface area contributed by atoms with E-state index in [2.05, 4.69) is 15.3 Å². The molecule has 0 amide bonds. The number of hydrogen-bond donors (Lipinski definition) is 1. The number of ether oxygens (including phenoxy) is 1. The zero-order valence-corrected chi connectivity index (χ0v) is 20.6. The molecule has 0 bridgehead atoms. The average Bonchev–Trinajstić information content (AvgIpc) is 3.40. The fourth-order valence-corrected chi connectivity index (χ4v) is 6.77. The Labute approximate surface area is 207 Å². The minimum atomic E-state index is -4.51. The van der Waals surface area contributed by atoms with Gasteiger partial charge in [0.25, 0.3) is 5.56 Å². The minimum Gasteiger partial charge on any atom is -0.350 e.